The molecule has 1 saturated heterocycles. The van der Waals surface area contributed by atoms with Crippen LogP contribution in [0.1, 0.15) is 13.2 Å². The van der Waals surface area contributed by atoms with E-state index in [0.29, 0.717) is 0 Å². The van der Waals surface area contributed by atoms with Gasteiger partial charge in [-0.2, -0.15) is 4.98 Å². The number of halogens is 3. The summed E-state index contributed by atoms with van der Waals surface area (Å²) in [6.07, 6.45) is -5.79. The van der Waals surface area contributed by atoms with Crippen molar-refractivity contribution in [2.45, 2.75) is 37.1 Å². The van der Waals surface area contributed by atoms with E-state index in [1.54, 1.807) is 0 Å². The quantitative estimate of drug-likeness (QED) is 0.540. The first-order chi connectivity index (χ1) is 12.2. The summed E-state index contributed by atoms with van der Waals surface area (Å²) < 4.78 is 48.3. The van der Waals surface area contributed by atoms with Crippen molar-refractivity contribution in [3.8, 4) is 11.8 Å². The highest BCUT2D eigenvalue weighted by atomic mass is 19.1. The van der Waals surface area contributed by atoms with Crippen molar-refractivity contribution in [3.63, 3.8) is 0 Å². The number of aromatic amines is 1. The molecular weight excluding hydrogens is 357 g/mol. The molecule has 3 rings (SSSR count). The molecule has 0 aromatic carbocycles. The average molecular weight is 372 g/mol. The number of aromatic nitrogens is 3. The van der Waals surface area contributed by atoms with E-state index in [-0.39, 0.29) is 11.6 Å². The van der Waals surface area contributed by atoms with Gasteiger partial charge >= 0.3 is 0 Å². The molecule has 0 spiro atoms. The SMILES string of the molecule is C[C@H](O)[C@H]1O[C@@H](n2cc(F)c3c(=O)[nH]c(N)nc32)C(F)(C#CCF)[C@H]1O. The molecule has 8 nitrogen and oxygen atoms in total. The van der Waals surface area contributed by atoms with Crippen LogP contribution >= 0.6 is 0 Å². The minimum atomic E-state index is -2.90. The van der Waals surface area contributed by atoms with Crippen molar-refractivity contribution in [2.24, 2.45) is 0 Å². The van der Waals surface area contributed by atoms with Crippen molar-refractivity contribution in [3.05, 3.63) is 22.4 Å². The molecule has 1 fully saturated rings. The molecule has 140 valence electrons. The first-order valence-corrected chi connectivity index (χ1v) is 7.53. The Bertz CT molecular complexity index is 963. The van der Waals surface area contributed by atoms with E-state index in [1.807, 2.05) is 11.8 Å². The predicted octanol–water partition coefficient (Wildman–Crippen LogP) is -0.234. The van der Waals surface area contributed by atoms with Crippen LogP contribution in [0, 0.1) is 17.7 Å². The van der Waals surface area contributed by atoms with Gasteiger partial charge in [-0.25, -0.2) is 13.2 Å². The third-order valence-corrected chi connectivity index (χ3v) is 4.12. The summed E-state index contributed by atoms with van der Waals surface area (Å²) >= 11 is 0. The van der Waals surface area contributed by atoms with Gasteiger partial charge in [0.1, 0.15) is 24.3 Å². The standard InChI is InChI=1S/C15H15F3N4O4/c1-6(23)9-10(24)15(18,3-2-4-16)13(26-9)22-5-7(17)8-11(22)20-14(19)21-12(8)25/h5-6,9-10,13,23-24H,4H2,1H3,(H3,19,20,21,25)/t6-,9+,10-,13+,15?/m0/s1. The van der Waals surface area contributed by atoms with Crippen molar-refractivity contribution in [2.75, 3.05) is 12.4 Å². The highest BCUT2D eigenvalue weighted by Gasteiger charge is 2.59. The normalized spacial score (nSPS) is 29.5. The number of rotatable bonds is 2. The number of nitrogens with one attached hydrogen (secondary N) is 1. The second-order valence-electron chi connectivity index (χ2n) is 5.88. The van der Waals surface area contributed by atoms with Gasteiger partial charge < -0.3 is 20.7 Å². The minimum Gasteiger partial charge on any atom is -0.391 e. The highest BCUT2D eigenvalue weighted by Crippen LogP contribution is 2.43. The Labute approximate surface area is 144 Å². The van der Waals surface area contributed by atoms with Gasteiger partial charge in [-0.15, -0.1) is 0 Å². The molecule has 2 aromatic rings. The first-order valence-electron chi connectivity index (χ1n) is 7.53. The molecule has 2 aromatic heterocycles. The summed E-state index contributed by atoms with van der Waals surface area (Å²) in [6.45, 7) is 0.0463. The number of H-pyrrole nitrogens is 1. The van der Waals surface area contributed by atoms with Crippen LogP contribution in [0.5, 0.6) is 0 Å². The van der Waals surface area contributed by atoms with E-state index in [4.69, 9.17) is 10.5 Å². The van der Waals surface area contributed by atoms with Crippen LogP contribution in [0.3, 0.4) is 0 Å². The number of anilines is 1. The molecule has 0 bridgehead atoms. The Balaban J connectivity index is 2.24. The maximum atomic E-state index is 15.5. The summed E-state index contributed by atoms with van der Waals surface area (Å²) in [6, 6.07) is 0. The van der Waals surface area contributed by atoms with Crippen LogP contribution in [0.4, 0.5) is 19.1 Å². The number of nitrogens with two attached hydrogens (primary N) is 1. The number of aliphatic hydroxyl groups is 2. The smallest absolute Gasteiger partial charge is 0.264 e. The zero-order chi connectivity index (χ0) is 19.2. The summed E-state index contributed by atoms with van der Waals surface area (Å²) in [7, 11) is 0. The molecular formula is C15H15F3N4O4. The lowest BCUT2D eigenvalue weighted by molar-refractivity contribution is -0.0776. The van der Waals surface area contributed by atoms with Crippen molar-refractivity contribution >= 4 is 17.0 Å². The summed E-state index contributed by atoms with van der Waals surface area (Å²) in [5.74, 6) is 2.40. The van der Waals surface area contributed by atoms with Crippen LogP contribution in [0.2, 0.25) is 0 Å². The van der Waals surface area contributed by atoms with Crippen LogP contribution in [-0.2, 0) is 4.74 Å². The molecule has 0 amide bonds. The Kier molecular flexibility index (Phi) is 4.43. The van der Waals surface area contributed by atoms with Gasteiger partial charge in [-0.1, -0.05) is 11.8 Å². The van der Waals surface area contributed by atoms with Crippen molar-refractivity contribution in [1.29, 1.82) is 0 Å². The Morgan fingerprint density at radius 1 is 1.62 bits per heavy atom. The van der Waals surface area contributed by atoms with E-state index in [9.17, 15) is 23.8 Å². The molecule has 1 aliphatic rings. The number of hydrogen-bond acceptors (Lipinski definition) is 6. The summed E-state index contributed by atoms with van der Waals surface area (Å²) in [5, 5.41) is 19.4. The number of fused-ring (bicyclic) bond motifs is 1. The van der Waals surface area contributed by atoms with Crippen LogP contribution in [0.15, 0.2) is 11.0 Å². The third kappa shape index (κ3) is 2.63. The second kappa shape index (κ2) is 6.31. The van der Waals surface area contributed by atoms with E-state index in [2.05, 4.69) is 9.97 Å². The molecule has 3 heterocycles. The number of alkyl halides is 2. The van der Waals surface area contributed by atoms with Gasteiger partial charge in [0.25, 0.3) is 5.56 Å². The van der Waals surface area contributed by atoms with E-state index in [0.717, 1.165) is 10.8 Å². The fraction of sp³-hybridized carbons (Fsp3) is 0.467. The topological polar surface area (TPSA) is 126 Å². The molecule has 1 unspecified atom stereocenters. The molecule has 5 N–H and O–H groups in total. The number of aliphatic hydroxyl groups excluding tert-OH is 2. The number of nitrogens with zero attached hydrogens (tertiary/aromatic N) is 2. The van der Waals surface area contributed by atoms with Crippen molar-refractivity contribution < 1.29 is 28.1 Å². The number of nitrogen functional groups attached to an aromatic ring is 1. The molecule has 26 heavy (non-hydrogen) atoms. The zero-order valence-electron chi connectivity index (χ0n) is 13.4. The summed E-state index contributed by atoms with van der Waals surface area (Å²) in [5.41, 5.74) is 1.31. The molecule has 11 heteroatoms. The average Bonchev–Trinajstić information content (AvgIpc) is 3.01. The minimum absolute atomic E-state index is 0.351. The fourth-order valence-electron chi connectivity index (χ4n) is 2.96. The monoisotopic (exact) mass is 372 g/mol. The first kappa shape index (κ1) is 18.2. The predicted molar refractivity (Wildman–Crippen MR) is 83.9 cm³/mol. The van der Waals surface area contributed by atoms with Gasteiger partial charge in [0.05, 0.1) is 6.10 Å². The van der Waals surface area contributed by atoms with E-state index in [1.165, 1.54) is 6.92 Å². The molecule has 1 aliphatic heterocycles. The Morgan fingerprint density at radius 2 is 2.31 bits per heavy atom. The number of ether oxygens (including phenoxy) is 1. The third-order valence-electron chi connectivity index (χ3n) is 4.12. The largest absolute Gasteiger partial charge is 0.391 e. The van der Waals surface area contributed by atoms with E-state index >= 15 is 4.39 Å². The molecule has 5 atom stereocenters. The van der Waals surface area contributed by atoms with Gasteiger partial charge in [-0.05, 0) is 6.92 Å². The molecule has 0 radical (unpaired) electrons. The lowest BCUT2D eigenvalue weighted by Crippen LogP contribution is -2.44. The van der Waals surface area contributed by atoms with Gasteiger partial charge in [0, 0.05) is 6.20 Å². The second-order valence-corrected chi connectivity index (χ2v) is 5.88. The summed E-state index contributed by atoms with van der Waals surface area (Å²) in [4.78, 5) is 17.8. The van der Waals surface area contributed by atoms with Crippen LogP contribution in [0.25, 0.3) is 11.0 Å². The van der Waals surface area contributed by atoms with E-state index < -0.39 is 53.6 Å². The molecule has 0 saturated carbocycles. The fourth-order valence-corrected chi connectivity index (χ4v) is 2.96. The zero-order valence-corrected chi connectivity index (χ0v) is 13.4. The van der Waals surface area contributed by atoms with Crippen LogP contribution < -0.4 is 11.3 Å². The van der Waals surface area contributed by atoms with Crippen molar-refractivity contribution in [1.82, 2.24) is 14.5 Å². The highest BCUT2D eigenvalue weighted by molar-refractivity contribution is 5.77. The Hall–Kier alpha value is -2.55. The maximum Gasteiger partial charge on any atom is 0.264 e. The maximum absolute atomic E-state index is 15.5. The van der Waals surface area contributed by atoms with Gasteiger partial charge in [0.2, 0.25) is 11.6 Å². The van der Waals surface area contributed by atoms with Crippen LogP contribution in [-0.4, -0.2) is 55.4 Å². The Morgan fingerprint density at radius 3 is 2.92 bits per heavy atom. The van der Waals surface area contributed by atoms with Gasteiger partial charge in [-0.3, -0.25) is 14.3 Å². The lowest BCUT2D eigenvalue weighted by atomic mass is 9.94. The molecule has 0 aliphatic carbocycles. The van der Waals surface area contributed by atoms with Gasteiger partial charge in [0.15, 0.2) is 17.7 Å². The number of hydrogen-bond donors (Lipinski definition) is 4. The lowest BCUT2D eigenvalue weighted by Gasteiger charge is -2.24.